The molecule has 76 valence electrons. The van der Waals surface area contributed by atoms with Gasteiger partial charge >= 0.3 is 0 Å². The molecule has 1 aromatic rings. The standard InChI is InChI=1S/C12H17NO/c1-9(13)11-4-6-12(7-5-11)14-8-10-2-3-10/h4-7,9-10H,2-3,8,13H2,1H3/t9-/m1/s1. The molecular weight excluding hydrogens is 174 g/mol. The Morgan fingerprint density at radius 3 is 2.50 bits per heavy atom. The molecule has 1 aliphatic rings. The third-order valence-corrected chi connectivity index (χ3v) is 2.59. The number of rotatable bonds is 4. The van der Waals surface area contributed by atoms with E-state index in [0.29, 0.717) is 0 Å². The largest absolute Gasteiger partial charge is 0.493 e. The van der Waals surface area contributed by atoms with Crippen LogP contribution < -0.4 is 10.5 Å². The summed E-state index contributed by atoms with van der Waals surface area (Å²) in [7, 11) is 0. The maximum Gasteiger partial charge on any atom is 0.119 e. The first kappa shape index (κ1) is 9.53. The Labute approximate surface area is 85.1 Å². The molecule has 0 aromatic heterocycles. The predicted molar refractivity (Wildman–Crippen MR) is 57.3 cm³/mol. The third-order valence-electron chi connectivity index (χ3n) is 2.59. The average molecular weight is 191 g/mol. The molecule has 1 aromatic carbocycles. The Bertz CT molecular complexity index is 288. The number of hydrogen-bond acceptors (Lipinski definition) is 2. The lowest BCUT2D eigenvalue weighted by atomic mass is 10.1. The molecule has 2 N–H and O–H groups in total. The molecule has 0 radical (unpaired) electrons. The molecule has 0 spiro atoms. The van der Waals surface area contributed by atoms with E-state index < -0.39 is 0 Å². The van der Waals surface area contributed by atoms with Gasteiger partial charge in [0.25, 0.3) is 0 Å². The second-order valence-electron chi connectivity index (χ2n) is 4.11. The van der Waals surface area contributed by atoms with Crippen molar-refractivity contribution in [3.8, 4) is 5.75 Å². The Morgan fingerprint density at radius 2 is 2.00 bits per heavy atom. The SMILES string of the molecule is C[C@@H](N)c1ccc(OCC2CC2)cc1. The second-order valence-corrected chi connectivity index (χ2v) is 4.11. The maximum atomic E-state index is 5.76. The molecule has 0 unspecified atom stereocenters. The lowest BCUT2D eigenvalue weighted by Crippen LogP contribution is -2.05. The van der Waals surface area contributed by atoms with Crippen molar-refractivity contribution in [3.63, 3.8) is 0 Å². The van der Waals surface area contributed by atoms with Gasteiger partial charge in [-0.05, 0) is 43.4 Å². The van der Waals surface area contributed by atoms with Gasteiger partial charge in [0, 0.05) is 6.04 Å². The van der Waals surface area contributed by atoms with Crippen LogP contribution in [-0.4, -0.2) is 6.61 Å². The van der Waals surface area contributed by atoms with Crippen molar-refractivity contribution in [2.75, 3.05) is 6.61 Å². The fourth-order valence-corrected chi connectivity index (χ4v) is 1.37. The Kier molecular flexibility index (Phi) is 2.73. The Hall–Kier alpha value is -1.02. The van der Waals surface area contributed by atoms with Crippen molar-refractivity contribution >= 4 is 0 Å². The fraction of sp³-hybridized carbons (Fsp3) is 0.500. The fourth-order valence-electron chi connectivity index (χ4n) is 1.37. The predicted octanol–water partition coefficient (Wildman–Crippen LogP) is 2.50. The molecule has 0 heterocycles. The van der Waals surface area contributed by atoms with Gasteiger partial charge in [0.2, 0.25) is 0 Å². The summed E-state index contributed by atoms with van der Waals surface area (Å²) in [5.74, 6) is 1.77. The summed E-state index contributed by atoms with van der Waals surface area (Å²) >= 11 is 0. The number of ether oxygens (including phenoxy) is 1. The van der Waals surface area contributed by atoms with Crippen LogP contribution in [0.4, 0.5) is 0 Å². The first-order valence-corrected chi connectivity index (χ1v) is 5.24. The van der Waals surface area contributed by atoms with Crippen molar-refractivity contribution in [3.05, 3.63) is 29.8 Å². The lowest BCUT2D eigenvalue weighted by Gasteiger charge is -2.08. The molecule has 0 amide bonds. The second kappa shape index (κ2) is 4.01. The highest BCUT2D eigenvalue weighted by Gasteiger charge is 2.21. The minimum absolute atomic E-state index is 0.104. The molecule has 2 nitrogen and oxygen atoms in total. The summed E-state index contributed by atoms with van der Waals surface area (Å²) < 4.78 is 5.62. The summed E-state index contributed by atoms with van der Waals surface area (Å²) in [5, 5.41) is 0. The van der Waals surface area contributed by atoms with Crippen LogP contribution in [0.3, 0.4) is 0 Å². The minimum Gasteiger partial charge on any atom is -0.493 e. The van der Waals surface area contributed by atoms with Crippen LogP contribution >= 0.6 is 0 Å². The molecule has 0 saturated heterocycles. The van der Waals surface area contributed by atoms with E-state index in [-0.39, 0.29) is 6.04 Å². The molecule has 2 heteroatoms. The molecule has 1 fully saturated rings. The van der Waals surface area contributed by atoms with Crippen LogP contribution in [0.25, 0.3) is 0 Å². The molecule has 1 atom stereocenters. The van der Waals surface area contributed by atoms with Crippen molar-refractivity contribution in [1.82, 2.24) is 0 Å². The molecule has 1 saturated carbocycles. The van der Waals surface area contributed by atoms with E-state index in [1.807, 2.05) is 31.2 Å². The molecule has 2 rings (SSSR count). The highest BCUT2D eigenvalue weighted by Crippen LogP contribution is 2.29. The van der Waals surface area contributed by atoms with Crippen LogP contribution in [0.15, 0.2) is 24.3 Å². The van der Waals surface area contributed by atoms with Crippen LogP contribution in [0, 0.1) is 5.92 Å². The summed E-state index contributed by atoms with van der Waals surface area (Å²) in [5.41, 5.74) is 6.91. The molecule has 0 aliphatic heterocycles. The van der Waals surface area contributed by atoms with E-state index in [1.54, 1.807) is 0 Å². The van der Waals surface area contributed by atoms with Crippen molar-refractivity contribution in [2.24, 2.45) is 11.7 Å². The summed E-state index contributed by atoms with van der Waals surface area (Å²) in [6.07, 6.45) is 2.66. The number of hydrogen-bond donors (Lipinski definition) is 1. The summed E-state index contributed by atoms with van der Waals surface area (Å²) in [4.78, 5) is 0. The maximum absolute atomic E-state index is 5.76. The van der Waals surface area contributed by atoms with Gasteiger partial charge in [0.1, 0.15) is 5.75 Å². The van der Waals surface area contributed by atoms with Crippen LogP contribution in [0.5, 0.6) is 5.75 Å². The van der Waals surface area contributed by atoms with E-state index in [4.69, 9.17) is 10.5 Å². The molecule has 0 bridgehead atoms. The average Bonchev–Trinajstić information content (AvgIpc) is 2.99. The highest BCUT2D eigenvalue weighted by molar-refractivity contribution is 5.28. The Morgan fingerprint density at radius 1 is 1.36 bits per heavy atom. The number of nitrogens with two attached hydrogens (primary N) is 1. The first-order valence-electron chi connectivity index (χ1n) is 5.24. The third kappa shape index (κ3) is 2.48. The van der Waals surface area contributed by atoms with Crippen molar-refractivity contribution < 1.29 is 4.74 Å². The van der Waals surface area contributed by atoms with Gasteiger partial charge in [-0.2, -0.15) is 0 Å². The zero-order valence-corrected chi connectivity index (χ0v) is 8.57. The summed E-state index contributed by atoms with van der Waals surface area (Å²) in [6, 6.07) is 8.18. The van der Waals surface area contributed by atoms with Gasteiger partial charge in [-0.1, -0.05) is 12.1 Å². The summed E-state index contributed by atoms with van der Waals surface area (Å²) in [6.45, 7) is 2.86. The van der Waals surface area contributed by atoms with Gasteiger partial charge in [-0.25, -0.2) is 0 Å². The Balaban J connectivity index is 1.91. The number of benzene rings is 1. The van der Waals surface area contributed by atoms with Gasteiger partial charge in [-0.3, -0.25) is 0 Å². The van der Waals surface area contributed by atoms with Crippen LogP contribution in [0.2, 0.25) is 0 Å². The molecule has 1 aliphatic carbocycles. The first-order chi connectivity index (χ1) is 6.75. The lowest BCUT2D eigenvalue weighted by molar-refractivity contribution is 0.299. The van der Waals surface area contributed by atoms with E-state index in [9.17, 15) is 0 Å². The van der Waals surface area contributed by atoms with E-state index in [2.05, 4.69) is 0 Å². The topological polar surface area (TPSA) is 35.2 Å². The van der Waals surface area contributed by atoms with E-state index in [1.165, 1.54) is 12.8 Å². The van der Waals surface area contributed by atoms with Gasteiger partial charge in [0.15, 0.2) is 0 Å². The monoisotopic (exact) mass is 191 g/mol. The molecule has 14 heavy (non-hydrogen) atoms. The quantitative estimate of drug-likeness (QED) is 0.793. The van der Waals surface area contributed by atoms with Crippen LogP contribution in [0.1, 0.15) is 31.4 Å². The molecular formula is C12H17NO. The van der Waals surface area contributed by atoms with Gasteiger partial charge < -0.3 is 10.5 Å². The van der Waals surface area contributed by atoms with E-state index >= 15 is 0 Å². The van der Waals surface area contributed by atoms with Crippen molar-refractivity contribution in [1.29, 1.82) is 0 Å². The van der Waals surface area contributed by atoms with Gasteiger partial charge in [0.05, 0.1) is 6.61 Å². The van der Waals surface area contributed by atoms with Crippen molar-refractivity contribution in [2.45, 2.75) is 25.8 Å². The normalized spacial score (nSPS) is 17.9. The highest BCUT2D eigenvalue weighted by atomic mass is 16.5. The van der Waals surface area contributed by atoms with Crippen LogP contribution in [-0.2, 0) is 0 Å². The zero-order valence-electron chi connectivity index (χ0n) is 8.57. The zero-order chi connectivity index (χ0) is 9.97. The van der Waals surface area contributed by atoms with Gasteiger partial charge in [-0.15, -0.1) is 0 Å². The minimum atomic E-state index is 0.104. The smallest absolute Gasteiger partial charge is 0.119 e. The van der Waals surface area contributed by atoms with E-state index in [0.717, 1.165) is 23.8 Å².